The van der Waals surface area contributed by atoms with Gasteiger partial charge in [-0.15, -0.1) is 0 Å². The van der Waals surface area contributed by atoms with E-state index in [4.69, 9.17) is 9.97 Å². The molecule has 0 spiro atoms. The Balaban J connectivity index is 1.20. The minimum Gasteiger partial charge on any atom is -0.264 e. The predicted molar refractivity (Wildman–Crippen MR) is 190 cm³/mol. The molecule has 0 radical (unpaired) electrons. The second kappa shape index (κ2) is 12.2. The Labute approximate surface area is 269 Å². The molecule has 0 saturated carbocycles. The van der Waals surface area contributed by atoms with Gasteiger partial charge in [0.25, 0.3) is 0 Å². The van der Waals surface area contributed by atoms with Crippen molar-refractivity contribution in [2.45, 2.75) is 12.3 Å². The molecule has 2 aromatic heterocycles. The number of hydrogen-bond donors (Lipinski definition) is 0. The molecule has 7 aromatic rings. The third-order valence-corrected chi connectivity index (χ3v) is 8.75. The molecule has 3 nitrogen and oxygen atoms in total. The number of benzene rings is 5. The number of nitrogens with zero attached hydrogens (tertiary/aromatic N) is 3. The second-order valence-corrected chi connectivity index (χ2v) is 11.7. The molecular weight excluding hydrogens is 558 g/mol. The van der Waals surface area contributed by atoms with Gasteiger partial charge in [0.2, 0.25) is 0 Å². The van der Waals surface area contributed by atoms with Gasteiger partial charge in [0.1, 0.15) is 0 Å². The van der Waals surface area contributed by atoms with Crippen molar-refractivity contribution in [3.63, 3.8) is 0 Å². The van der Waals surface area contributed by atoms with Gasteiger partial charge in [-0.25, -0.2) is 9.97 Å². The Hall–Kier alpha value is -5.93. The zero-order chi connectivity index (χ0) is 30.7. The van der Waals surface area contributed by atoms with E-state index in [0.717, 1.165) is 40.3 Å². The molecule has 0 unspecified atom stereocenters. The molecular formula is C43H31N3. The zero-order valence-corrected chi connectivity index (χ0v) is 25.3. The Bertz CT molecular complexity index is 2210. The van der Waals surface area contributed by atoms with Gasteiger partial charge in [-0.2, -0.15) is 0 Å². The van der Waals surface area contributed by atoms with Gasteiger partial charge in [0, 0.05) is 29.4 Å². The number of pyridine rings is 1. The van der Waals surface area contributed by atoms with Crippen LogP contribution in [-0.2, 0) is 0 Å². The molecule has 1 atom stereocenters. The standard InChI is InChI=1S/C43H31N3/c1-2-10-30(11-3-1)34-14-6-16-36(26-34)41-28-42(37-17-7-15-35(27-37)38-18-9-25-44-29-38)46-43(45-41)33-23-21-32(22-24-33)40-20-8-13-31-12-4-5-19-39(31)40/h1-26,28-29,37H,27H2/t37-/m0/s1. The summed E-state index contributed by atoms with van der Waals surface area (Å²) in [5.74, 6) is 0.848. The lowest BCUT2D eigenvalue weighted by Gasteiger charge is -2.20. The molecule has 5 aromatic carbocycles. The van der Waals surface area contributed by atoms with Gasteiger partial charge in [0.05, 0.1) is 11.4 Å². The van der Waals surface area contributed by atoms with E-state index in [1.54, 1.807) is 0 Å². The van der Waals surface area contributed by atoms with E-state index in [0.29, 0.717) is 0 Å². The van der Waals surface area contributed by atoms with Crippen molar-refractivity contribution in [3.05, 3.63) is 181 Å². The third kappa shape index (κ3) is 5.55. The van der Waals surface area contributed by atoms with E-state index in [9.17, 15) is 0 Å². The summed E-state index contributed by atoms with van der Waals surface area (Å²) in [5, 5.41) is 2.49. The van der Waals surface area contributed by atoms with Gasteiger partial charge < -0.3 is 0 Å². The van der Waals surface area contributed by atoms with Crippen molar-refractivity contribution in [1.29, 1.82) is 0 Å². The monoisotopic (exact) mass is 589 g/mol. The maximum absolute atomic E-state index is 5.21. The maximum Gasteiger partial charge on any atom is 0.160 e. The van der Waals surface area contributed by atoms with Crippen LogP contribution in [0.3, 0.4) is 0 Å². The molecule has 0 N–H and O–H groups in total. The molecule has 8 rings (SSSR count). The Morgan fingerprint density at radius 3 is 2.15 bits per heavy atom. The fourth-order valence-electron chi connectivity index (χ4n) is 6.35. The molecule has 0 fully saturated rings. The molecule has 0 aliphatic heterocycles. The molecule has 218 valence electrons. The van der Waals surface area contributed by atoms with Crippen LogP contribution in [0.1, 0.15) is 23.6 Å². The Morgan fingerprint density at radius 2 is 1.28 bits per heavy atom. The number of rotatable bonds is 6. The highest BCUT2D eigenvalue weighted by molar-refractivity contribution is 5.96. The number of hydrogen-bond acceptors (Lipinski definition) is 3. The first-order chi connectivity index (χ1) is 22.8. The Kier molecular flexibility index (Phi) is 7.33. The normalized spacial score (nSPS) is 14.3. The maximum atomic E-state index is 5.21. The highest BCUT2D eigenvalue weighted by Gasteiger charge is 2.20. The van der Waals surface area contributed by atoms with E-state index < -0.39 is 0 Å². The first-order valence-electron chi connectivity index (χ1n) is 15.7. The van der Waals surface area contributed by atoms with Crippen LogP contribution in [0.4, 0.5) is 0 Å². The largest absolute Gasteiger partial charge is 0.264 e. The summed E-state index contributed by atoms with van der Waals surface area (Å²) >= 11 is 0. The molecule has 2 heterocycles. The summed E-state index contributed by atoms with van der Waals surface area (Å²) in [5.41, 5.74) is 11.1. The molecule has 46 heavy (non-hydrogen) atoms. The number of aromatic nitrogens is 3. The molecule has 3 heteroatoms. The van der Waals surface area contributed by atoms with Gasteiger partial charge in [-0.1, -0.05) is 140 Å². The average molecular weight is 590 g/mol. The van der Waals surface area contributed by atoms with E-state index >= 15 is 0 Å². The lowest BCUT2D eigenvalue weighted by atomic mass is 9.88. The lowest BCUT2D eigenvalue weighted by molar-refractivity contribution is 0.822. The summed E-state index contributed by atoms with van der Waals surface area (Å²) in [6, 6.07) is 49.1. The van der Waals surface area contributed by atoms with Crippen LogP contribution in [0.15, 0.2) is 170 Å². The minimum absolute atomic E-state index is 0.118. The van der Waals surface area contributed by atoms with E-state index in [1.165, 1.54) is 38.6 Å². The fourth-order valence-corrected chi connectivity index (χ4v) is 6.35. The SMILES string of the molecule is C1=C[C@H](c2cc(-c3cccc(-c4ccccc4)c3)nc(-c3ccc(-c4cccc5ccccc45)cc3)n2)CC(c2cccnc2)=C1. The first kappa shape index (κ1) is 27.6. The van der Waals surface area contributed by atoms with Crippen molar-refractivity contribution in [1.82, 2.24) is 15.0 Å². The van der Waals surface area contributed by atoms with E-state index in [-0.39, 0.29) is 5.92 Å². The summed E-state index contributed by atoms with van der Waals surface area (Å²) in [4.78, 5) is 14.7. The average Bonchev–Trinajstić information content (AvgIpc) is 3.15. The molecule has 1 aliphatic rings. The van der Waals surface area contributed by atoms with Crippen LogP contribution in [-0.4, -0.2) is 15.0 Å². The quantitative estimate of drug-likeness (QED) is 0.194. The van der Waals surface area contributed by atoms with E-state index in [2.05, 4.69) is 151 Å². The van der Waals surface area contributed by atoms with Gasteiger partial charge >= 0.3 is 0 Å². The topological polar surface area (TPSA) is 38.7 Å². The minimum atomic E-state index is 0.118. The van der Waals surface area contributed by atoms with Crippen LogP contribution in [0.25, 0.3) is 61.2 Å². The number of fused-ring (bicyclic) bond motifs is 1. The first-order valence-corrected chi connectivity index (χ1v) is 15.7. The Morgan fingerprint density at radius 1 is 0.543 bits per heavy atom. The lowest BCUT2D eigenvalue weighted by Crippen LogP contribution is -2.06. The molecule has 0 bridgehead atoms. The van der Waals surface area contributed by atoms with Crippen molar-refractivity contribution in [2.75, 3.05) is 0 Å². The summed E-state index contributed by atoms with van der Waals surface area (Å²) in [7, 11) is 0. The molecule has 0 saturated heterocycles. The smallest absolute Gasteiger partial charge is 0.160 e. The highest BCUT2D eigenvalue weighted by atomic mass is 14.9. The van der Waals surface area contributed by atoms with Crippen molar-refractivity contribution in [3.8, 4) is 44.9 Å². The summed E-state index contributed by atoms with van der Waals surface area (Å²) in [6.07, 6.45) is 11.2. The fraction of sp³-hybridized carbons (Fsp3) is 0.0465. The summed E-state index contributed by atoms with van der Waals surface area (Å²) in [6.45, 7) is 0. The van der Waals surface area contributed by atoms with Crippen LogP contribution >= 0.6 is 0 Å². The second-order valence-electron chi connectivity index (χ2n) is 11.7. The van der Waals surface area contributed by atoms with Crippen LogP contribution in [0.5, 0.6) is 0 Å². The van der Waals surface area contributed by atoms with Crippen molar-refractivity contribution < 1.29 is 0 Å². The van der Waals surface area contributed by atoms with Crippen LogP contribution < -0.4 is 0 Å². The van der Waals surface area contributed by atoms with Crippen LogP contribution in [0, 0.1) is 0 Å². The highest BCUT2D eigenvalue weighted by Crippen LogP contribution is 2.36. The van der Waals surface area contributed by atoms with Crippen molar-refractivity contribution >= 4 is 16.3 Å². The number of allylic oxidation sites excluding steroid dienone is 4. The van der Waals surface area contributed by atoms with Crippen LogP contribution in [0.2, 0.25) is 0 Å². The molecule has 1 aliphatic carbocycles. The van der Waals surface area contributed by atoms with Gasteiger partial charge in [-0.05, 0) is 68.8 Å². The third-order valence-electron chi connectivity index (χ3n) is 8.75. The summed E-state index contributed by atoms with van der Waals surface area (Å²) < 4.78 is 0. The van der Waals surface area contributed by atoms with Gasteiger partial charge in [0.15, 0.2) is 5.82 Å². The van der Waals surface area contributed by atoms with Gasteiger partial charge in [-0.3, -0.25) is 4.98 Å². The molecule has 0 amide bonds. The zero-order valence-electron chi connectivity index (χ0n) is 25.3. The predicted octanol–water partition coefficient (Wildman–Crippen LogP) is 10.8. The van der Waals surface area contributed by atoms with Crippen molar-refractivity contribution in [2.24, 2.45) is 0 Å². The van der Waals surface area contributed by atoms with E-state index in [1.807, 2.05) is 24.5 Å².